The maximum absolute atomic E-state index is 5.55. The van der Waals surface area contributed by atoms with Gasteiger partial charge in [0.05, 0.1) is 6.20 Å². The minimum Gasteiger partial charge on any atom is -0.454 e. The highest BCUT2D eigenvalue weighted by Crippen LogP contribution is 2.19. The second-order valence-corrected chi connectivity index (χ2v) is 3.56. The summed E-state index contributed by atoms with van der Waals surface area (Å²) in [7, 11) is 0. The lowest BCUT2D eigenvalue weighted by Gasteiger charge is -2.04. The molecule has 0 bridgehead atoms. The van der Waals surface area contributed by atoms with Crippen molar-refractivity contribution in [3.63, 3.8) is 0 Å². The van der Waals surface area contributed by atoms with Gasteiger partial charge in [0, 0.05) is 6.20 Å². The number of nitrogens with zero attached hydrogens (tertiary/aromatic N) is 1. The van der Waals surface area contributed by atoms with Crippen LogP contribution in [0.4, 0.5) is 0 Å². The molecule has 4 heteroatoms. The number of ether oxygens (including phenoxy) is 1. The summed E-state index contributed by atoms with van der Waals surface area (Å²) in [6.07, 6.45) is 3.29. The maximum Gasteiger partial charge on any atom is 0.196 e. The lowest BCUT2D eigenvalue weighted by Crippen LogP contribution is -1.87. The summed E-state index contributed by atoms with van der Waals surface area (Å²) in [5, 5.41) is 0. The van der Waals surface area contributed by atoms with E-state index in [4.69, 9.17) is 17.0 Å². The topological polar surface area (TPSA) is 37.9 Å². The number of benzene rings is 1. The van der Waals surface area contributed by atoms with Gasteiger partial charge in [-0.1, -0.05) is 17.7 Å². The number of hydrogen-bond acceptors (Lipinski definition) is 3. The fourth-order valence-corrected chi connectivity index (χ4v) is 1.24. The number of hydrogen-bond donors (Lipinski definition) is 1. The smallest absolute Gasteiger partial charge is 0.196 e. The molecule has 0 aliphatic rings. The Balaban J connectivity index is 2.18. The molecule has 1 N–H and O–H groups in total. The van der Waals surface area contributed by atoms with Crippen molar-refractivity contribution in [2.45, 2.75) is 6.92 Å². The highest BCUT2D eigenvalue weighted by molar-refractivity contribution is 7.71. The third kappa shape index (κ3) is 2.63. The van der Waals surface area contributed by atoms with Gasteiger partial charge in [0.15, 0.2) is 10.5 Å². The second-order valence-electron chi connectivity index (χ2n) is 3.17. The van der Waals surface area contributed by atoms with E-state index in [1.165, 1.54) is 5.56 Å². The molecule has 0 fully saturated rings. The van der Waals surface area contributed by atoms with E-state index in [9.17, 15) is 0 Å². The van der Waals surface area contributed by atoms with Gasteiger partial charge in [0.25, 0.3) is 0 Å². The van der Waals surface area contributed by atoms with E-state index in [0.29, 0.717) is 10.5 Å². The molecule has 0 aliphatic heterocycles. The lowest BCUT2D eigenvalue weighted by atomic mass is 10.2. The Morgan fingerprint density at radius 2 is 1.93 bits per heavy atom. The van der Waals surface area contributed by atoms with E-state index >= 15 is 0 Å². The summed E-state index contributed by atoms with van der Waals surface area (Å²) in [5.41, 5.74) is 1.20. The van der Waals surface area contributed by atoms with Crippen LogP contribution in [-0.4, -0.2) is 9.97 Å². The fraction of sp³-hybridized carbons (Fsp3) is 0.0909. The Bertz CT molecular complexity index is 484. The van der Waals surface area contributed by atoms with Crippen molar-refractivity contribution in [1.29, 1.82) is 0 Å². The average Bonchev–Trinajstić information content (AvgIpc) is 2.25. The largest absolute Gasteiger partial charge is 0.454 e. The van der Waals surface area contributed by atoms with E-state index in [0.717, 1.165) is 5.75 Å². The first-order valence-corrected chi connectivity index (χ1v) is 4.94. The molecule has 0 saturated carbocycles. The predicted octanol–water partition coefficient (Wildman–Crippen LogP) is 3.24. The van der Waals surface area contributed by atoms with Crippen LogP contribution in [0.1, 0.15) is 5.56 Å². The quantitative estimate of drug-likeness (QED) is 0.786. The molecule has 1 aromatic heterocycles. The maximum atomic E-state index is 5.55. The Hall–Kier alpha value is -1.68. The number of aromatic nitrogens is 2. The molecular formula is C11H10N2OS. The van der Waals surface area contributed by atoms with Gasteiger partial charge in [-0.15, -0.1) is 0 Å². The second kappa shape index (κ2) is 4.23. The van der Waals surface area contributed by atoms with Crippen LogP contribution in [-0.2, 0) is 0 Å². The number of rotatable bonds is 2. The zero-order valence-electron chi connectivity index (χ0n) is 8.23. The molecular weight excluding hydrogens is 208 g/mol. The molecule has 2 aromatic rings. The van der Waals surface area contributed by atoms with Gasteiger partial charge in [-0.3, -0.25) is 0 Å². The van der Waals surface area contributed by atoms with Gasteiger partial charge in [-0.05, 0) is 31.3 Å². The average molecular weight is 218 g/mol. The Morgan fingerprint density at radius 3 is 2.53 bits per heavy atom. The summed E-state index contributed by atoms with van der Waals surface area (Å²) < 4.78 is 6.00. The molecule has 0 atom stereocenters. The van der Waals surface area contributed by atoms with Gasteiger partial charge >= 0.3 is 0 Å². The molecule has 0 radical (unpaired) electrons. The molecule has 0 spiro atoms. The molecule has 0 saturated heterocycles. The number of aryl methyl sites for hydroxylation is 1. The van der Waals surface area contributed by atoms with Crippen molar-refractivity contribution in [1.82, 2.24) is 9.97 Å². The first-order chi connectivity index (χ1) is 7.24. The van der Waals surface area contributed by atoms with Crippen molar-refractivity contribution in [3.05, 3.63) is 47.0 Å². The molecule has 0 amide bonds. The van der Waals surface area contributed by atoms with Crippen LogP contribution < -0.4 is 4.74 Å². The molecule has 3 nitrogen and oxygen atoms in total. The monoisotopic (exact) mass is 218 g/mol. The van der Waals surface area contributed by atoms with Gasteiger partial charge in [0.2, 0.25) is 0 Å². The molecule has 0 unspecified atom stereocenters. The third-order valence-corrected chi connectivity index (χ3v) is 2.13. The van der Waals surface area contributed by atoms with Gasteiger partial charge < -0.3 is 9.72 Å². The van der Waals surface area contributed by atoms with Crippen LogP contribution in [0, 0.1) is 11.7 Å². The highest BCUT2D eigenvalue weighted by atomic mass is 32.1. The van der Waals surface area contributed by atoms with Crippen LogP contribution in [0.5, 0.6) is 11.5 Å². The lowest BCUT2D eigenvalue weighted by molar-refractivity contribution is 0.477. The molecule has 1 aromatic carbocycles. The van der Waals surface area contributed by atoms with Gasteiger partial charge in [-0.25, -0.2) is 4.98 Å². The van der Waals surface area contributed by atoms with Crippen LogP contribution >= 0.6 is 12.2 Å². The van der Waals surface area contributed by atoms with E-state index in [-0.39, 0.29) is 0 Å². The SMILES string of the molecule is Cc1ccc(Oc2cnc(=S)[nH]c2)cc1. The van der Waals surface area contributed by atoms with Crippen LogP contribution in [0.15, 0.2) is 36.7 Å². The standard InChI is InChI=1S/C11H10N2OS/c1-8-2-4-9(5-3-8)14-10-6-12-11(15)13-7-10/h2-7H,1H3,(H,12,13,15). The number of H-pyrrole nitrogens is 1. The van der Waals surface area contributed by atoms with Crippen molar-refractivity contribution >= 4 is 12.2 Å². The third-order valence-electron chi connectivity index (χ3n) is 1.90. The van der Waals surface area contributed by atoms with Crippen LogP contribution in [0.3, 0.4) is 0 Å². The van der Waals surface area contributed by atoms with Crippen molar-refractivity contribution < 1.29 is 4.74 Å². The van der Waals surface area contributed by atoms with E-state index in [1.54, 1.807) is 12.4 Å². The Labute approximate surface area is 92.8 Å². The van der Waals surface area contributed by atoms with E-state index in [1.807, 2.05) is 31.2 Å². The summed E-state index contributed by atoms with van der Waals surface area (Å²) >= 11 is 4.83. The first kappa shape index (κ1) is 9.86. The van der Waals surface area contributed by atoms with Crippen molar-refractivity contribution in [3.8, 4) is 11.5 Å². The van der Waals surface area contributed by atoms with Crippen molar-refractivity contribution in [2.75, 3.05) is 0 Å². The number of aromatic amines is 1. The predicted molar refractivity (Wildman–Crippen MR) is 60.7 cm³/mol. The van der Waals surface area contributed by atoms with Gasteiger partial charge in [0.1, 0.15) is 5.75 Å². The van der Waals surface area contributed by atoms with Gasteiger partial charge in [-0.2, -0.15) is 0 Å². The molecule has 2 rings (SSSR count). The highest BCUT2D eigenvalue weighted by Gasteiger charge is 1.96. The van der Waals surface area contributed by atoms with E-state index < -0.39 is 0 Å². The van der Waals surface area contributed by atoms with E-state index in [2.05, 4.69) is 9.97 Å². The minimum atomic E-state index is 0.450. The summed E-state index contributed by atoms with van der Waals surface area (Å²) in [5.74, 6) is 1.43. The first-order valence-electron chi connectivity index (χ1n) is 4.53. The molecule has 76 valence electrons. The summed E-state index contributed by atoms with van der Waals surface area (Å²) in [4.78, 5) is 6.74. The zero-order valence-corrected chi connectivity index (χ0v) is 9.04. The number of nitrogens with one attached hydrogen (secondary N) is 1. The summed E-state index contributed by atoms with van der Waals surface area (Å²) in [6.45, 7) is 2.03. The molecule has 15 heavy (non-hydrogen) atoms. The van der Waals surface area contributed by atoms with Crippen molar-refractivity contribution in [2.24, 2.45) is 0 Å². The molecule has 0 aliphatic carbocycles. The minimum absolute atomic E-state index is 0.450. The van der Waals surface area contributed by atoms with Crippen LogP contribution in [0.2, 0.25) is 0 Å². The normalized spacial score (nSPS) is 9.93. The fourth-order valence-electron chi connectivity index (χ4n) is 1.13. The molecule has 1 heterocycles. The van der Waals surface area contributed by atoms with Crippen LogP contribution in [0.25, 0.3) is 0 Å². The Morgan fingerprint density at radius 1 is 1.20 bits per heavy atom. The Kier molecular flexibility index (Phi) is 2.78. The summed E-state index contributed by atoms with van der Waals surface area (Å²) in [6, 6.07) is 7.82. The zero-order chi connectivity index (χ0) is 10.7.